The lowest BCUT2D eigenvalue weighted by Gasteiger charge is -2.43. The zero-order valence-corrected chi connectivity index (χ0v) is 10.5. The van der Waals surface area contributed by atoms with Crippen LogP contribution in [-0.2, 0) is 5.54 Å². The monoisotopic (exact) mass is 206 g/mol. The van der Waals surface area contributed by atoms with Crippen molar-refractivity contribution in [2.24, 2.45) is 5.41 Å². The SMILES string of the molecule is CC(C)(C)[C@@H]1NCC(C)(C)n2cccc21. The molecular formula is C13H22N2. The molecule has 1 N–H and O–H groups in total. The van der Waals surface area contributed by atoms with E-state index >= 15 is 0 Å². The second-order valence-corrected chi connectivity index (χ2v) is 6.30. The highest BCUT2D eigenvalue weighted by molar-refractivity contribution is 5.20. The molecular weight excluding hydrogens is 184 g/mol. The smallest absolute Gasteiger partial charge is 0.0525 e. The van der Waals surface area contributed by atoms with Crippen molar-refractivity contribution < 1.29 is 0 Å². The topological polar surface area (TPSA) is 17.0 Å². The summed E-state index contributed by atoms with van der Waals surface area (Å²) in [7, 11) is 0. The van der Waals surface area contributed by atoms with Crippen molar-refractivity contribution in [1.82, 2.24) is 9.88 Å². The molecule has 0 bridgehead atoms. The van der Waals surface area contributed by atoms with Gasteiger partial charge >= 0.3 is 0 Å². The summed E-state index contributed by atoms with van der Waals surface area (Å²) in [5.41, 5.74) is 1.88. The number of rotatable bonds is 0. The quantitative estimate of drug-likeness (QED) is 0.690. The second-order valence-electron chi connectivity index (χ2n) is 6.30. The van der Waals surface area contributed by atoms with Gasteiger partial charge in [0, 0.05) is 18.4 Å². The zero-order chi connectivity index (χ0) is 11.3. The molecule has 1 aliphatic rings. The molecule has 1 aliphatic heterocycles. The Hall–Kier alpha value is -0.760. The van der Waals surface area contributed by atoms with Crippen LogP contribution in [0.2, 0.25) is 0 Å². The minimum atomic E-state index is 0.195. The largest absolute Gasteiger partial charge is 0.343 e. The summed E-state index contributed by atoms with van der Waals surface area (Å²) in [5.74, 6) is 0. The Morgan fingerprint density at radius 3 is 2.67 bits per heavy atom. The van der Waals surface area contributed by atoms with E-state index in [1.54, 1.807) is 0 Å². The van der Waals surface area contributed by atoms with Gasteiger partial charge in [0.1, 0.15) is 0 Å². The maximum absolute atomic E-state index is 3.67. The molecule has 0 radical (unpaired) electrons. The lowest BCUT2D eigenvalue weighted by molar-refractivity contribution is 0.180. The second kappa shape index (κ2) is 3.11. The van der Waals surface area contributed by atoms with E-state index in [2.05, 4.69) is 62.8 Å². The summed E-state index contributed by atoms with van der Waals surface area (Å²) < 4.78 is 2.42. The van der Waals surface area contributed by atoms with Gasteiger partial charge in [0.05, 0.1) is 11.6 Å². The molecule has 0 aliphatic carbocycles. The van der Waals surface area contributed by atoms with E-state index in [0.717, 1.165) is 6.54 Å². The third-order valence-corrected chi connectivity index (χ3v) is 3.33. The van der Waals surface area contributed by atoms with Crippen LogP contribution in [0.3, 0.4) is 0 Å². The number of fused-ring (bicyclic) bond motifs is 1. The predicted molar refractivity (Wildman–Crippen MR) is 64.0 cm³/mol. The first-order chi connectivity index (χ1) is 6.82. The van der Waals surface area contributed by atoms with E-state index in [4.69, 9.17) is 0 Å². The first-order valence-electron chi connectivity index (χ1n) is 5.73. The van der Waals surface area contributed by atoms with Crippen LogP contribution < -0.4 is 5.32 Å². The fourth-order valence-electron chi connectivity index (χ4n) is 2.47. The fourth-order valence-corrected chi connectivity index (χ4v) is 2.47. The van der Waals surface area contributed by atoms with Gasteiger partial charge in [0.25, 0.3) is 0 Å². The molecule has 2 nitrogen and oxygen atoms in total. The molecule has 1 atom stereocenters. The van der Waals surface area contributed by atoms with Crippen molar-refractivity contribution >= 4 is 0 Å². The van der Waals surface area contributed by atoms with Crippen LogP contribution >= 0.6 is 0 Å². The van der Waals surface area contributed by atoms with Crippen molar-refractivity contribution in [2.75, 3.05) is 6.54 Å². The van der Waals surface area contributed by atoms with Gasteiger partial charge in [-0.25, -0.2) is 0 Å². The highest BCUT2D eigenvalue weighted by Gasteiger charge is 2.36. The molecule has 0 aromatic carbocycles. The van der Waals surface area contributed by atoms with Crippen LogP contribution in [0.15, 0.2) is 18.3 Å². The Morgan fingerprint density at radius 2 is 2.07 bits per heavy atom. The van der Waals surface area contributed by atoms with Gasteiger partial charge in [0.2, 0.25) is 0 Å². The molecule has 0 saturated heterocycles. The maximum Gasteiger partial charge on any atom is 0.0525 e. The molecule has 0 spiro atoms. The summed E-state index contributed by atoms with van der Waals surface area (Å²) in [5, 5.41) is 3.67. The molecule has 1 aromatic rings. The molecule has 1 aromatic heterocycles. The minimum absolute atomic E-state index is 0.195. The van der Waals surface area contributed by atoms with Gasteiger partial charge in [0.15, 0.2) is 0 Å². The van der Waals surface area contributed by atoms with Crippen molar-refractivity contribution in [1.29, 1.82) is 0 Å². The van der Waals surface area contributed by atoms with Crippen LogP contribution in [0, 0.1) is 5.41 Å². The van der Waals surface area contributed by atoms with Crippen molar-refractivity contribution in [3.8, 4) is 0 Å². The molecule has 15 heavy (non-hydrogen) atoms. The van der Waals surface area contributed by atoms with E-state index in [0.29, 0.717) is 6.04 Å². The van der Waals surface area contributed by atoms with Crippen LogP contribution in [0.1, 0.15) is 46.4 Å². The summed E-state index contributed by atoms with van der Waals surface area (Å²) in [6, 6.07) is 4.85. The molecule has 0 amide bonds. The maximum atomic E-state index is 3.67. The van der Waals surface area contributed by atoms with E-state index in [9.17, 15) is 0 Å². The highest BCUT2D eigenvalue weighted by Crippen LogP contribution is 2.38. The van der Waals surface area contributed by atoms with Crippen LogP contribution in [-0.4, -0.2) is 11.1 Å². The highest BCUT2D eigenvalue weighted by atomic mass is 15.2. The van der Waals surface area contributed by atoms with Gasteiger partial charge < -0.3 is 9.88 Å². The van der Waals surface area contributed by atoms with E-state index in [1.807, 2.05) is 0 Å². The minimum Gasteiger partial charge on any atom is -0.343 e. The molecule has 2 heteroatoms. The Morgan fingerprint density at radius 1 is 1.40 bits per heavy atom. The first-order valence-corrected chi connectivity index (χ1v) is 5.73. The van der Waals surface area contributed by atoms with Crippen molar-refractivity contribution in [3.05, 3.63) is 24.0 Å². The zero-order valence-electron chi connectivity index (χ0n) is 10.5. The van der Waals surface area contributed by atoms with E-state index in [1.165, 1.54) is 5.69 Å². The van der Waals surface area contributed by atoms with Gasteiger partial charge in [-0.2, -0.15) is 0 Å². The van der Waals surface area contributed by atoms with Gasteiger partial charge in [-0.3, -0.25) is 0 Å². The summed E-state index contributed by atoms with van der Waals surface area (Å²) in [6.07, 6.45) is 2.20. The number of hydrogen-bond acceptors (Lipinski definition) is 1. The Labute approximate surface area is 92.7 Å². The normalized spacial score (nSPS) is 25.0. The summed E-state index contributed by atoms with van der Waals surface area (Å²) in [4.78, 5) is 0. The Balaban J connectivity index is 2.45. The average molecular weight is 206 g/mol. The standard InChI is InChI=1S/C13H22N2/c1-12(2,3)11-10-7-6-8-15(10)13(4,5)9-14-11/h6-8,11,14H,9H2,1-5H3/t11-/m1/s1. The van der Waals surface area contributed by atoms with Crippen molar-refractivity contribution in [3.63, 3.8) is 0 Å². The van der Waals surface area contributed by atoms with Gasteiger partial charge in [-0.1, -0.05) is 20.8 Å². The lowest BCUT2D eigenvalue weighted by atomic mass is 9.82. The number of nitrogens with zero attached hydrogens (tertiary/aromatic N) is 1. The molecule has 2 rings (SSSR count). The molecule has 0 fully saturated rings. The summed E-state index contributed by atoms with van der Waals surface area (Å²) >= 11 is 0. The number of nitrogens with one attached hydrogen (secondary N) is 1. The lowest BCUT2D eigenvalue weighted by Crippen LogP contribution is -2.49. The Kier molecular flexibility index (Phi) is 2.23. The predicted octanol–water partition coefficient (Wildman–Crippen LogP) is 2.91. The number of hydrogen-bond donors (Lipinski definition) is 1. The average Bonchev–Trinajstić information content (AvgIpc) is 2.50. The third kappa shape index (κ3) is 1.71. The first kappa shape index (κ1) is 10.7. The molecule has 84 valence electrons. The van der Waals surface area contributed by atoms with Crippen LogP contribution in [0.5, 0.6) is 0 Å². The van der Waals surface area contributed by atoms with Gasteiger partial charge in [-0.05, 0) is 31.4 Å². The Bertz CT molecular complexity index is 355. The van der Waals surface area contributed by atoms with Crippen molar-refractivity contribution in [2.45, 2.75) is 46.2 Å². The number of aromatic nitrogens is 1. The van der Waals surface area contributed by atoms with E-state index < -0.39 is 0 Å². The van der Waals surface area contributed by atoms with E-state index in [-0.39, 0.29) is 11.0 Å². The fraction of sp³-hybridized carbons (Fsp3) is 0.692. The van der Waals surface area contributed by atoms with Crippen LogP contribution in [0.4, 0.5) is 0 Å². The molecule has 0 saturated carbocycles. The molecule has 0 unspecified atom stereocenters. The van der Waals surface area contributed by atoms with Gasteiger partial charge in [-0.15, -0.1) is 0 Å². The summed E-state index contributed by atoms with van der Waals surface area (Å²) in [6.45, 7) is 12.5. The third-order valence-electron chi connectivity index (χ3n) is 3.33. The molecule has 2 heterocycles. The van der Waals surface area contributed by atoms with Crippen LogP contribution in [0.25, 0.3) is 0 Å².